The lowest BCUT2D eigenvalue weighted by molar-refractivity contribution is 0.189. The highest BCUT2D eigenvalue weighted by atomic mass is 16.1. The van der Waals surface area contributed by atoms with Gasteiger partial charge in [0.2, 0.25) is 12.2 Å². The Labute approximate surface area is 96.9 Å². The molecule has 90 valence electrons. The topological polar surface area (TPSA) is 58.9 Å². The Bertz CT molecular complexity index is 307. The van der Waals surface area contributed by atoms with Crippen LogP contribution in [0.2, 0.25) is 0 Å². The summed E-state index contributed by atoms with van der Waals surface area (Å²) in [6.07, 6.45) is 4.74. The molecule has 0 fully saturated rings. The number of aliphatic imine (C=N–C) groups is 2. The van der Waals surface area contributed by atoms with Crippen LogP contribution in [0.15, 0.2) is 9.98 Å². The number of hydrogen-bond donors (Lipinski definition) is 0. The predicted molar refractivity (Wildman–Crippen MR) is 62.8 cm³/mol. The van der Waals surface area contributed by atoms with Crippen LogP contribution in [0, 0.1) is 10.8 Å². The summed E-state index contributed by atoms with van der Waals surface area (Å²) in [5.74, 6) is 0. The molecule has 0 amide bonds. The third-order valence-corrected chi connectivity index (χ3v) is 2.37. The van der Waals surface area contributed by atoms with E-state index < -0.39 is 0 Å². The van der Waals surface area contributed by atoms with Gasteiger partial charge in [0.15, 0.2) is 0 Å². The molecule has 0 rings (SSSR count). The summed E-state index contributed by atoms with van der Waals surface area (Å²) in [5, 5.41) is 0. The third kappa shape index (κ3) is 7.10. The van der Waals surface area contributed by atoms with Crippen LogP contribution in [-0.2, 0) is 9.59 Å². The molecule has 1 atom stereocenters. The van der Waals surface area contributed by atoms with Gasteiger partial charge in [0.05, 0.1) is 13.1 Å². The van der Waals surface area contributed by atoms with Gasteiger partial charge in [-0.15, -0.1) is 0 Å². The van der Waals surface area contributed by atoms with Crippen molar-refractivity contribution in [3.05, 3.63) is 0 Å². The second-order valence-electron chi connectivity index (χ2n) is 5.68. The van der Waals surface area contributed by atoms with E-state index in [1.165, 1.54) is 6.08 Å². The number of nitrogens with zero attached hydrogens (tertiary/aromatic N) is 2. The summed E-state index contributed by atoms with van der Waals surface area (Å²) < 4.78 is 0. The van der Waals surface area contributed by atoms with Crippen LogP contribution >= 0.6 is 0 Å². The monoisotopic (exact) mass is 224 g/mol. The summed E-state index contributed by atoms with van der Waals surface area (Å²) >= 11 is 0. The van der Waals surface area contributed by atoms with Crippen molar-refractivity contribution in [2.24, 2.45) is 20.8 Å². The van der Waals surface area contributed by atoms with E-state index in [0.717, 1.165) is 12.8 Å². The van der Waals surface area contributed by atoms with Crippen molar-refractivity contribution in [1.29, 1.82) is 0 Å². The molecule has 4 heteroatoms. The van der Waals surface area contributed by atoms with Gasteiger partial charge in [0.1, 0.15) is 0 Å². The van der Waals surface area contributed by atoms with Crippen molar-refractivity contribution in [1.82, 2.24) is 0 Å². The Balaban J connectivity index is 4.58. The Morgan fingerprint density at radius 2 is 1.56 bits per heavy atom. The number of carbonyl (C=O) groups excluding carboxylic acids is 2. The first kappa shape index (κ1) is 14.8. The molecule has 0 bridgehead atoms. The van der Waals surface area contributed by atoms with Gasteiger partial charge >= 0.3 is 0 Å². The van der Waals surface area contributed by atoms with Gasteiger partial charge < -0.3 is 0 Å². The van der Waals surface area contributed by atoms with E-state index >= 15 is 0 Å². The molecule has 1 unspecified atom stereocenters. The predicted octanol–water partition coefficient (Wildman–Crippen LogP) is 2.49. The molecule has 0 radical (unpaired) electrons. The molecule has 16 heavy (non-hydrogen) atoms. The van der Waals surface area contributed by atoms with Crippen LogP contribution in [0.3, 0.4) is 0 Å². The fourth-order valence-electron chi connectivity index (χ4n) is 2.10. The minimum absolute atomic E-state index is 0.115. The standard InChI is InChI=1S/C12H20N2O2/c1-11(2,3)7-12(4,8-14-10-16)5-6-13-9-15/h5-8H2,1-4H3. The average molecular weight is 224 g/mol. The van der Waals surface area contributed by atoms with Gasteiger partial charge in [0, 0.05) is 0 Å². The Kier molecular flexibility index (Phi) is 5.87. The van der Waals surface area contributed by atoms with Crippen LogP contribution in [0.25, 0.3) is 0 Å². The molecular weight excluding hydrogens is 204 g/mol. The molecule has 4 nitrogen and oxygen atoms in total. The maximum absolute atomic E-state index is 10.2. The molecule has 0 N–H and O–H groups in total. The number of isocyanates is 2. The van der Waals surface area contributed by atoms with Gasteiger partial charge in [-0.1, -0.05) is 27.7 Å². The first-order valence-corrected chi connectivity index (χ1v) is 5.40. The van der Waals surface area contributed by atoms with Crippen molar-refractivity contribution in [2.45, 2.75) is 40.5 Å². The lowest BCUT2D eigenvalue weighted by atomic mass is 9.73. The SMILES string of the molecule is CC(C)(C)CC(C)(CCN=C=O)CN=C=O. The van der Waals surface area contributed by atoms with Gasteiger partial charge in [0.25, 0.3) is 0 Å². The highest BCUT2D eigenvalue weighted by Crippen LogP contribution is 2.36. The minimum atomic E-state index is -0.115. The third-order valence-electron chi connectivity index (χ3n) is 2.37. The molecule has 0 aliphatic carbocycles. The smallest absolute Gasteiger partial charge is 0.211 e. The molecule has 0 saturated heterocycles. The maximum Gasteiger partial charge on any atom is 0.234 e. The molecular formula is C12H20N2O2. The summed E-state index contributed by atoms with van der Waals surface area (Å²) in [7, 11) is 0. The molecule has 0 aliphatic heterocycles. The number of hydrogen-bond acceptors (Lipinski definition) is 4. The molecule has 0 aromatic heterocycles. The van der Waals surface area contributed by atoms with E-state index in [0.29, 0.717) is 13.1 Å². The highest BCUT2D eigenvalue weighted by molar-refractivity contribution is 5.33. The van der Waals surface area contributed by atoms with Gasteiger partial charge in [-0.25, -0.2) is 19.6 Å². The zero-order valence-electron chi connectivity index (χ0n) is 10.5. The lowest BCUT2D eigenvalue weighted by Crippen LogP contribution is -2.27. The summed E-state index contributed by atoms with van der Waals surface area (Å²) in [4.78, 5) is 27.4. The maximum atomic E-state index is 10.2. The molecule has 0 aromatic carbocycles. The van der Waals surface area contributed by atoms with Crippen LogP contribution in [-0.4, -0.2) is 25.2 Å². The van der Waals surface area contributed by atoms with E-state index in [1.54, 1.807) is 6.08 Å². The van der Waals surface area contributed by atoms with Gasteiger partial charge in [-0.3, -0.25) is 0 Å². The highest BCUT2D eigenvalue weighted by Gasteiger charge is 2.29. The fraction of sp³-hybridized carbons (Fsp3) is 0.833. The van der Waals surface area contributed by atoms with E-state index in [2.05, 4.69) is 37.7 Å². The molecule has 0 aliphatic rings. The first-order valence-electron chi connectivity index (χ1n) is 5.40. The van der Waals surface area contributed by atoms with Crippen molar-refractivity contribution in [3.8, 4) is 0 Å². The minimum Gasteiger partial charge on any atom is -0.211 e. The second-order valence-corrected chi connectivity index (χ2v) is 5.68. The average Bonchev–Trinajstić information content (AvgIpc) is 2.12. The molecule has 0 aromatic rings. The Morgan fingerprint density at radius 3 is 2.00 bits per heavy atom. The molecule has 0 heterocycles. The Hall–Kier alpha value is -1.24. The van der Waals surface area contributed by atoms with Crippen molar-refractivity contribution >= 4 is 12.2 Å². The quantitative estimate of drug-likeness (QED) is 0.514. The van der Waals surface area contributed by atoms with E-state index in [4.69, 9.17) is 0 Å². The molecule has 0 spiro atoms. The van der Waals surface area contributed by atoms with Crippen LogP contribution < -0.4 is 0 Å². The van der Waals surface area contributed by atoms with E-state index in [9.17, 15) is 9.59 Å². The summed E-state index contributed by atoms with van der Waals surface area (Å²) in [5.41, 5.74) is 0.0358. The van der Waals surface area contributed by atoms with Crippen molar-refractivity contribution in [2.75, 3.05) is 13.1 Å². The lowest BCUT2D eigenvalue weighted by Gasteiger charge is -2.33. The summed E-state index contributed by atoms with van der Waals surface area (Å²) in [6.45, 7) is 9.34. The van der Waals surface area contributed by atoms with Crippen LogP contribution in [0.5, 0.6) is 0 Å². The molecule has 0 saturated carbocycles. The van der Waals surface area contributed by atoms with Gasteiger partial charge in [-0.2, -0.15) is 0 Å². The van der Waals surface area contributed by atoms with Crippen LogP contribution in [0.4, 0.5) is 0 Å². The van der Waals surface area contributed by atoms with E-state index in [1.807, 2.05) is 0 Å². The zero-order valence-corrected chi connectivity index (χ0v) is 10.5. The zero-order chi connectivity index (χ0) is 12.7. The van der Waals surface area contributed by atoms with Crippen molar-refractivity contribution < 1.29 is 9.59 Å². The van der Waals surface area contributed by atoms with E-state index in [-0.39, 0.29) is 10.8 Å². The Morgan fingerprint density at radius 1 is 1.00 bits per heavy atom. The second kappa shape index (κ2) is 6.37. The van der Waals surface area contributed by atoms with Crippen LogP contribution in [0.1, 0.15) is 40.5 Å². The normalized spacial score (nSPS) is 14.5. The first-order chi connectivity index (χ1) is 7.33. The largest absolute Gasteiger partial charge is 0.234 e. The summed E-state index contributed by atoms with van der Waals surface area (Å²) in [6, 6.07) is 0. The van der Waals surface area contributed by atoms with Gasteiger partial charge in [-0.05, 0) is 23.7 Å². The number of rotatable bonds is 6. The fourth-order valence-corrected chi connectivity index (χ4v) is 2.10. The van der Waals surface area contributed by atoms with Crippen molar-refractivity contribution in [3.63, 3.8) is 0 Å².